The number of carbonyl (C=O) groups is 3. The third kappa shape index (κ3) is 3.01. The van der Waals surface area contributed by atoms with Gasteiger partial charge in [0, 0.05) is 0 Å². The van der Waals surface area contributed by atoms with Gasteiger partial charge in [0.05, 0.1) is 18.8 Å². The number of nitrogens with one attached hydrogen (secondary N) is 1. The molecule has 1 N–H and O–H groups in total. The lowest BCUT2D eigenvalue weighted by Crippen LogP contribution is -2.09. The van der Waals surface area contributed by atoms with Gasteiger partial charge >= 0.3 is 11.9 Å². The van der Waals surface area contributed by atoms with Gasteiger partial charge < -0.3 is 14.5 Å². The molecule has 0 aliphatic rings. The molecular formula is C13H17NO5. The van der Waals surface area contributed by atoms with Gasteiger partial charge in [0.2, 0.25) is 0 Å². The van der Waals surface area contributed by atoms with Crippen molar-refractivity contribution in [2.45, 2.75) is 27.2 Å². The first-order chi connectivity index (χ1) is 9.10. The Morgan fingerprint density at radius 3 is 2.00 bits per heavy atom. The highest BCUT2D eigenvalue weighted by molar-refractivity contribution is 6.02. The molecule has 1 rings (SSSR count). The third-order valence-electron chi connectivity index (χ3n) is 2.58. The summed E-state index contributed by atoms with van der Waals surface area (Å²) in [6.07, 6.45) is 0.975. The molecule has 1 heterocycles. The number of aldehydes is 1. The Kier molecular flexibility index (Phi) is 5.29. The van der Waals surface area contributed by atoms with Crippen molar-refractivity contribution in [3.63, 3.8) is 0 Å². The molecule has 0 aliphatic heterocycles. The number of hydrogen-bond acceptors (Lipinski definition) is 5. The third-order valence-corrected chi connectivity index (χ3v) is 2.58. The van der Waals surface area contributed by atoms with E-state index in [4.69, 9.17) is 9.47 Å². The number of carbonyl (C=O) groups excluding carboxylic acids is 3. The fourth-order valence-electron chi connectivity index (χ4n) is 1.79. The van der Waals surface area contributed by atoms with Crippen molar-refractivity contribution in [2.75, 3.05) is 13.2 Å². The molecule has 6 nitrogen and oxygen atoms in total. The monoisotopic (exact) mass is 267 g/mol. The molecule has 0 atom stereocenters. The smallest absolute Gasteiger partial charge is 0.355 e. The first-order valence-electron chi connectivity index (χ1n) is 6.14. The summed E-state index contributed by atoms with van der Waals surface area (Å²) >= 11 is 0. The number of aromatic nitrogens is 1. The summed E-state index contributed by atoms with van der Waals surface area (Å²) in [6.45, 7) is 5.53. The van der Waals surface area contributed by atoms with Crippen LogP contribution >= 0.6 is 0 Å². The van der Waals surface area contributed by atoms with Crippen LogP contribution in [0.5, 0.6) is 0 Å². The van der Waals surface area contributed by atoms with Crippen LogP contribution in [0.15, 0.2) is 0 Å². The van der Waals surface area contributed by atoms with Gasteiger partial charge in [-0.3, -0.25) is 4.79 Å². The number of H-pyrrole nitrogens is 1. The van der Waals surface area contributed by atoms with Crippen molar-refractivity contribution in [1.82, 2.24) is 4.98 Å². The summed E-state index contributed by atoms with van der Waals surface area (Å²) in [4.78, 5) is 37.3. The molecule has 0 unspecified atom stereocenters. The highest BCUT2D eigenvalue weighted by atomic mass is 16.5. The predicted octanol–water partition coefficient (Wildman–Crippen LogP) is 1.74. The minimum absolute atomic E-state index is 0.00301. The molecule has 1 aromatic rings. The van der Waals surface area contributed by atoms with Gasteiger partial charge in [-0.15, -0.1) is 0 Å². The number of ether oxygens (including phenoxy) is 2. The van der Waals surface area contributed by atoms with Crippen molar-refractivity contribution in [3.8, 4) is 0 Å². The van der Waals surface area contributed by atoms with E-state index in [9.17, 15) is 14.4 Å². The minimum Gasteiger partial charge on any atom is -0.461 e. The zero-order valence-corrected chi connectivity index (χ0v) is 11.2. The molecule has 1 aromatic heterocycles. The van der Waals surface area contributed by atoms with Crippen LogP contribution in [0, 0.1) is 0 Å². The van der Waals surface area contributed by atoms with Gasteiger partial charge in [-0.25, -0.2) is 9.59 Å². The maximum absolute atomic E-state index is 11.8. The summed E-state index contributed by atoms with van der Waals surface area (Å²) in [5, 5.41) is 0. The van der Waals surface area contributed by atoms with Crippen molar-refractivity contribution in [1.29, 1.82) is 0 Å². The quantitative estimate of drug-likeness (QED) is 0.626. The van der Waals surface area contributed by atoms with E-state index in [-0.39, 0.29) is 30.2 Å². The lowest BCUT2D eigenvalue weighted by Gasteiger charge is -2.01. The van der Waals surface area contributed by atoms with Gasteiger partial charge in [-0.1, -0.05) is 6.92 Å². The largest absolute Gasteiger partial charge is 0.461 e. The average molecular weight is 267 g/mol. The van der Waals surface area contributed by atoms with Crippen LogP contribution in [0.2, 0.25) is 0 Å². The maximum atomic E-state index is 11.8. The van der Waals surface area contributed by atoms with Crippen molar-refractivity contribution in [2.24, 2.45) is 0 Å². The molecule has 0 fully saturated rings. The van der Waals surface area contributed by atoms with E-state index in [0.29, 0.717) is 18.3 Å². The van der Waals surface area contributed by atoms with Crippen LogP contribution in [0.1, 0.15) is 57.7 Å². The first-order valence-corrected chi connectivity index (χ1v) is 6.14. The molecule has 104 valence electrons. The Hall–Kier alpha value is -2.11. The van der Waals surface area contributed by atoms with Crippen LogP contribution in [-0.2, 0) is 15.9 Å². The number of hydrogen-bond donors (Lipinski definition) is 1. The van der Waals surface area contributed by atoms with E-state index in [1.807, 2.05) is 0 Å². The fraction of sp³-hybridized carbons (Fsp3) is 0.462. The minimum atomic E-state index is -0.658. The standard InChI is InChI=1S/C13H17NO5/c1-4-8-9(7-15)11(13(17)19-6-3)14-10(8)12(16)18-5-2/h7,14H,4-6H2,1-3H3. The molecular weight excluding hydrogens is 250 g/mol. The second kappa shape index (κ2) is 6.72. The Balaban J connectivity index is 3.30. The Morgan fingerprint density at radius 1 is 1.05 bits per heavy atom. The summed E-state index contributed by atoms with van der Waals surface area (Å²) in [7, 11) is 0. The summed E-state index contributed by atoms with van der Waals surface area (Å²) < 4.78 is 9.73. The molecule has 0 saturated carbocycles. The van der Waals surface area contributed by atoms with Crippen LogP contribution in [0.25, 0.3) is 0 Å². The topological polar surface area (TPSA) is 85.5 Å². The first kappa shape index (κ1) is 14.9. The lowest BCUT2D eigenvalue weighted by molar-refractivity contribution is 0.0514. The Bertz CT molecular complexity index is 489. The molecule has 0 amide bonds. The molecule has 0 bridgehead atoms. The molecule has 0 aliphatic carbocycles. The van der Waals surface area contributed by atoms with E-state index in [0.717, 1.165) is 0 Å². The Morgan fingerprint density at radius 2 is 1.58 bits per heavy atom. The molecule has 6 heteroatoms. The molecule has 0 spiro atoms. The zero-order chi connectivity index (χ0) is 14.4. The van der Waals surface area contributed by atoms with Crippen molar-refractivity contribution >= 4 is 18.2 Å². The molecule has 19 heavy (non-hydrogen) atoms. The van der Waals surface area contributed by atoms with Gasteiger partial charge in [-0.2, -0.15) is 0 Å². The molecule has 0 aromatic carbocycles. The van der Waals surface area contributed by atoms with Crippen molar-refractivity contribution < 1.29 is 23.9 Å². The zero-order valence-electron chi connectivity index (χ0n) is 11.2. The Labute approximate surface area is 111 Å². The molecule has 0 saturated heterocycles. The molecule has 0 radical (unpaired) electrons. The van der Waals surface area contributed by atoms with Crippen molar-refractivity contribution in [3.05, 3.63) is 22.5 Å². The maximum Gasteiger partial charge on any atom is 0.355 e. The van der Waals surface area contributed by atoms with E-state index >= 15 is 0 Å². The van der Waals surface area contributed by atoms with Crippen LogP contribution < -0.4 is 0 Å². The summed E-state index contributed by atoms with van der Waals surface area (Å²) in [5.74, 6) is -1.24. The highest BCUT2D eigenvalue weighted by Crippen LogP contribution is 2.20. The van der Waals surface area contributed by atoms with E-state index in [1.165, 1.54) is 0 Å². The van der Waals surface area contributed by atoms with Gasteiger partial charge in [0.15, 0.2) is 6.29 Å². The number of rotatable bonds is 6. The lowest BCUT2D eigenvalue weighted by atomic mass is 10.1. The summed E-state index contributed by atoms with van der Waals surface area (Å²) in [5.41, 5.74) is 0.756. The predicted molar refractivity (Wildman–Crippen MR) is 67.5 cm³/mol. The normalized spacial score (nSPS) is 10.1. The van der Waals surface area contributed by atoms with E-state index < -0.39 is 11.9 Å². The van der Waals surface area contributed by atoms with Gasteiger partial charge in [0.1, 0.15) is 11.4 Å². The van der Waals surface area contributed by atoms with Crippen LogP contribution in [0.3, 0.4) is 0 Å². The van der Waals surface area contributed by atoms with E-state index in [2.05, 4.69) is 4.98 Å². The number of aromatic amines is 1. The van der Waals surface area contributed by atoms with Gasteiger partial charge in [0.25, 0.3) is 0 Å². The summed E-state index contributed by atoms with van der Waals surface area (Å²) in [6, 6.07) is 0. The van der Waals surface area contributed by atoms with Gasteiger partial charge in [-0.05, 0) is 25.8 Å². The second-order valence-electron chi connectivity index (χ2n) is 3.68. The van der Waals surface area contributed by atoms with Crippen LogP contribution in [-0.4, -0.2) is 36.4 Å². The fourth-order valence-corrected chi connectivity index (χ4v) is 1.79. The highest BCUT2D eigenvalue weighted by Gasteiger charge is 2.25. The van der Waals surface area contributed by atoms with Crippen LogP contribution in [0.4, 0.5) is 0 Å². The van der Waals surface area contributed by atoms with E-state index in [1.54, 1.807) is 20.8 Å². The average Bonchev–Trinajstić information content (AvgIpc) is 2.77. The number of esters is 2. The SMILES string of the molecule is CCOC(=O)c1[nH]c(C(=O)OCC)c(CC)c1C=O. The second-order valence-corrected chi connectivity index (χ2v) is 3.68.